The van der Waals surface area contributed by atoms with Crippen LogP contribution in [-0.2, 0) is 4.79 Å². The van der Waals surface area contributed by atoms with Gasteiger partial charge in [-0.05, 0) is 6.42 Å². The Labute approximate surface area is 182 Å². The second-order valence-electron chi connectivity index (χ2n) is 8.19. The molecule has 2 N–H and O–H groups in total. The van der Waals surface area contributed by atoms with Crippen LogP contribution in [0.1, 0.15) is 6.42 Å². The lowest BCUT2D eigenvalue weighted by Gasteiger charge is -2.29. The first kappa shape index (κ1) is 19.7. The predicted molar refractivity (Wildman–Crippen MR) is 122 cm³/mol. The maximum absolute atomic E-state index is 12.5. The summed E-state index contributed by atoms with van der Waals surface area (Å²) in [5.41, 5.74) is 1.29. The third-order valence-corrected chi connectivity index (χ3v) is 5.98. The van der Waals surface area contributed by atoms with Crippen molar-refractivity contribution in [2.75, 3.05) is 39.3 Å². The third kappa shape index (κ3) is 4.05. The van der Waals surface area contributed by atoms with E-state index in [9.17, 15) is 4.79 Å². The lowest BCUT2D eigenvalue weighted by atomic mass is 10.00. The van der Waals surface area contributed by atoms with Gasteiger partial charge >= 0.3 is 0 Å². The van der Waals surface area contributed by atoms with E-state index in [4.69, 9.17) is 0 Å². The quantitative estimate of drug-likeness (QED) is 0.495. The Morgan fingerprint density at radius 3 is 3.00 bits per heavy atom. The fraction of sp³-hybridized carbons (Fsp3) is 0.455. The number of nitrogens with zero attached hydrogens (tertiary/aromatic N) is 6. The van der Waals surface area contributed by atoms with E-state index in [2.05, 4.69) is 77.5 Å². The molecule has 2 fully saturated rings. The first-order valence-electron chi connectivity index (χ1n) is 10.8. The van der Waals surface area contributed by atoms with Crippen LogP contribution in [0.2, 0.25) is 0 Å². The molecular weight excluding hydrogens is 392 g/mol. The molecule has 2 bridgehead atoms. The summed E-state index contributed by atoms with van der Waals surface area (Å²) in [4.78, 5) is 28.5. The van der Waals surface area contributed by atoms with Crippen molar-refractivity contribution < 1.29 is 4.79 Å². The van der Waals surface area contributed by atoms with Gasteiger partial charge in [0.05, 0.1) is 25.0 Å². The molecule has 0 aromatic carbocycles. The molecular formula is C22H28N8O. The maximum atomic E-state index is 12.5. The fourth-order valence-corrected chi connectivity index (χ4v) is 4.58. The number of fused-ring (bicyclic) bond motifs is 6. The van der Waals surface area contributed by atoms with E-state index >= 15 is 0 Å². The molecule has 1 amide bonds. The second-order valence-corrected chi connectivity index (χ2v) is 8.19. The summed E-state index contributed by atoms with van der Waals surface area (Å²) < 4.78 is 0. The number of dihydropyridines is 1. The van der Waals surface area contributed by atoms with Crippen LogP contribution in [0.5, 0.6) is 0 Å². The summed E-state index contributed by atoms with van der Waals surface area (Å²) >= 11 is 0. The van der Waals surface area contributed by atoms with E-state index in [-0.39, 0.29) is 24.0 Å². The summed E-state index contributed by atoms with van der Waals surface area (Å²) in [7, 11) is 0. The zero-order chi connectivity index (χ0) is 21.2. The molecule has 31 heavy (non-hydrogen) atoms. The van der Waals surface area contributed by atoms with Gasteiger partial charge < -0.3 is 10.6 Å². The molecule has 162 valence electrons. The lowest BCUT2D eigenvalue weighted by molar-refractivity contribution is -0.122. The average molecular weight is 421 g/mol. The van der Waals surface area contributed by atoms with Crippen molar-refractivity contribution in [2.45, 2.75) is 18.6 Å². The number of hydrazine groups is 1. The smallest absolute Gasteiger partial charge is 0.244 e. The summed E-state index contributed by atoms with van der Waals surface area (Å²) in [6.45, 7) is 7.42. The van der Waals surface area contributed by atoms with Crippen molar-refractivity contribution in [3.8, 4) is 0 Å². The van der Waals surface area contributed by atoms with Crippen molar-refractivity contribution in [2.24, 2.45) is 20.9 Å². The Bertz CT molecular complexity index is 930. The number of nitrogens with one attached hydrogen (secondary N) is 2. The largest absolute Gasteiger partial charge is 0.371 e. The van der Waals surface area contributed by atoms with E-state index in [0.29, 0.717) is 32.7 Å². The average Bonchev–Trinajstić information content (AvgIpc) is 3.52. The molecule has 3 atom stereocenters. The number of carbonyl (C=O) groups excluding carboxylic acids is 1. The molecule has 5 aliphatic rings. The van der Waals surface area contributed by atoms with E-state index in [1.54, 1.807) is 6.34 Å². The molecule has 0 aromatic rings. The van der Waals surface area contributed by atoms with E-state index in [1.165, 1.54) is 5.57 Å². The van der Waals surface area contributed by atoms with Crippen molar-refractivity contribution in [1.82, 2.24) is 25.6 Å². The molecule has 0 spiro atoms. The molecule has 2 unspecified atom stereocenters. The number of hydrogen-bond donors (Lipinski definition) is 2. The Morgan fingerprint density at radius 2 is 2.10 bits per heavy atom. The molecule has 9 heteroatoms. The standard InChI is InChI=1S/C22H28N8O/c1-2-11-28-13-16-5-3-6-17(12-16)29-22-27-15-26-21(30(22)29)18-7-4-8-24-20(18)25-10-9-23-19(31)14-28/h2-7,15,17-18,21H,1,8-14H2,(H,23,31)(H,24,25)/t17-,18?,21?,29?,30?/m0/s1. The second kappa shape index (κ2) is 8.50. The minimum absolute atomic E-state index is 0.0215. The first-order chi connectivity index (χ1) is 15.2. The highest BCUT2D eigenvalue weighted by molar-refractivity contribution is 5.99. The molecule has 9 nitrogen and oxygen atoms in total. The summed E-state index contributed by atoms with van der Waals surface area (Å²) in [6.07, 6.45) is 15.0. The summed E-state index contributed by atoms with van der Waals surface area (Å²) in [6, 6.07) is 0.191. The van der Waals surface area contributed by atoms with Gasteiger partial charge in [-0.25, -0.2) is 20.0 Å². The number of guanidine groups is 1. The van der Waals surface area contributed by atoms with Crippen LogP contribution in [0.15, 0.2) is 63.6 Å². The van der Waals surface area contributed by atoms with Crippen LogP contribution in [0, 0.1) is 5.92 Å². The zero-order valence-electron chi connectivity index (χ0n) is 17.5. The van der Waals surface area contributed by atoms with Gasteiger partial charge in [0.2, 0.25) is 11.9 Å². The minimum Gasteiger partial charge on any atom is -0.371 e. The van der Waals surface area contributed by atoms with Gasteiger partial charge in [-0.15, -0.1) is 6.58 Å². The van der Waals surface area contributed by atoms with Crippen LogP contribution in [0.4, 0.5) is 0 Å². The highest BCUT2D eigenvalue weighted by Gasteiger charge is 2.52. The number of amidine groups is 1. The molecule has 2 saturated heterocycles. The van der Waals surface area contributed by atoms with Gasteiger partial charge in [0.25, 0.3) is 0 Å². The number of hydrogen-bond acceptors (Lipinski definition) is 8. The summed E-state index contributed by atoms with van der Waals surface area (Å²) in [5.74, 6) is 1.91. The van der Waals surface area contributed by atoms with Crippen molar-refractivity contribution in [3.05, 3.63) is 48.6 Å². The minimum atomic E-state index is -0.0992. The molecule has 0 radical (unpaired) electrons. The Kier molecular flexibility index (Phi) is 5.42. The first-order valence-corrected chi connectivity index (χ1v) is 10.8. The van der Waals surface area contributed by atoms with Gasteiger partial charge in [0.15, 0.2) is 6.17 Å². The van der Waals surface area contributed by atoms with Crippen molar-refractivity contribution in [1.29, 1.82) is 0 Å². The lowest BCUT2D eigenvalue weighted by Crippen LogP contribution is -2.46. The molecule has 1 aliphatic carbocycles. The highest BCUT2D eigenvalue weighted by Crippen LogP contribution is 2.37. The van der Waals surface area contributed by atoms with Crippen LogP contribution >= 0.6 is 0 Å². The highest BCUT2D eigenvalue weighted by atomic mass is 16.2. The fourth-order valence-electron chi connectivity index (χ4n) is 4.58. The third-order valence-electron chi connectivity index (χ3n) is 5.98. The van der Waals surface area contributed by atoms with Gasteiger partial charge in [-0.3, -0.25) is 14.7 Å². The van der Waals surface area contributed by atoms with Crippen molar-refractivity contribution >= 4 is 24.0 Å². The normalized spacial score (nSPS) is 30.3. The molecule has 0 aromatic heterocycles. The van der Waals surface area contributed by atoms with Crippen LogP contribution in [0.3, 0.4) is 0 Å². The van der Waals surface area contributed by atoms with Gasteiger partial charge in [0, 0.05) is 26.2 Å². The van der Waals surface area contributed by atoms with Crippen LogP contribution in [0.25, 0.3) is 0 Å². The van der Waals surface area contributed by atoms with Crippen molar-refractivity contribution in [3.63, 3.8) is 0 Å². The van der Waals surface area contributed by atoms with Gasteiger partial charge in [0.1, 0.15) is 12.2 Å². The topological polar surface area (TPSA) is 87.5 Å². The van der Waals surface area contributed by atoms with E-state index < -0.39 is 0 Å². The van der Waals surface area contributed by atoms with Crippen LogP contribution < -0.4 is 10.6 Å². The number of amides is 1. The monoisotopic (exact) mass is 420 g/mol. The van der Waals surface area contributed by atoms with Gasteiger partial charge in [-0.1, -0.05) is 42.0 Å². The molecule has 5 rings (SSSR count). The zero-order valence-corrected chi connectivity index (χ0v) is 17.5. The SMILES string of the molecule is C=CCN1CC(=O)NCCNC2=NCC=CC2C2N=CN=C3N2N3[C@H]2C=CC=C(C2)C1. The molecule has 4 heterocycles. The van der Waals surface area contributed by atoms with Gasteiger partial charge in [-0.2, -0.15) is 0 Å². The predicted octanol–water partition coefficient (Wildman–Crippen LogP) is 0.290. The maximum Gasteiger partial charge on any atom is 0.244 e. The molecule has 0 saturated carbocycles. The summed E-state index contributed by atoms with van der Waals surface area (Å²) in [5, 5.41) is 10.9. The number of allylic oxidation sites excluding steroid dienone is 2. The van der Waals surface area contributed by atoms with E-state index in [1.807, 2.05) is 6.08 Å². The molecule has 4 aliphatic heterocycles. The number of aliphatic imine (C=N–C) groups is 3. The van der Waals surface area contributed by atoms with Crippen LogP contribution in [-0.4, -0.2) is 90.4 Å². The Morgan fingerprint density at radius 1 is 1.19 bits per heavy atom. The number of carbonyl (C=O) groups is 1. The van der Waals surface area contributed by atoms with E-state index in [0.717, 1.165) is 24.8 Å². The number of rotatable bonds is 2. The Balaban J connectivity index is 1.40. The Hall–Kier alpha value is -3.20.